The smallest absolute Gasteiger partial charge is 0.226 e. The van der Waals surface area contributed by atoms with Crippen LogP contribution in [-0.4, -0.2) is 46.7 Å². The minimum absolute atomic E-state index is 0.0155. The molecule has 1 N–H and O–H groups in total. The van der Waals surface area contributed by atoms with Crippen LogP contribution in [0.1, 0.15) is 84.0 Å². The van der Waals surface area contributed by atoms with Gasteiger partial charge in [-0.25, -0.2) is 0 Å². The van der Waals surface area contributed by atoms with Crippen molar-refractivity contribution in [2.45, 2.75) is 79.2 Å². The van der Waals surface area contributed by atoms with Crippen LogP contribution < -0.4 is 0 Å². The summed E-state index contributed by atoms with van der Waals surface area (Å²) in [5.41, 5.74) is 3.83. The Labute approximate surface area is 205 Å². The van der Waals surface area contributed by atoms with Gasteiger partial charge in [0.1, 0.15) is 0 Å². The highest BCUT2D eigenvalue weighted by Gasteiger charge is 2.39. The predicted octanol–water partition coefficient (Wildman–Crippen LogP) is 5.95. The number of rotatable bonds is 5. The SMILES string of the molecule is CC(C)C1c2[nH]c3ccccc3c2CCN1C(=O)[C@H]1CC[C@H](CN(C)C(=O)CC(C)(C)C)CC1. The summed E-state index contributed by atoms with van der Waals surface area (Å²) in [5.74, 6) is 1.53. The second-order valence-corrected chi connectivity index (χ2v) is 12.3. The van der Waals surface area contributed by atoms with Gasteiger partial charge in [0, 0.05) is 49.1 Å². The summed E-state index contributed by atoms with van der Waals surface area (Å²) >= 11 is 0. The molecule has 1 aliphatic heterocycles. The second-order valence-electron chi connectivity index (χ2n) is 12.3. The van der Waals surface area contributed by atoms with Crippen molar-refractivity contribution in [1.29, 1.82) is 0 Å². The number of carbonyl (C=O) groups is 2. The van der Waals surface area contributed by atoms with E-state index in [0.717, 1.165) is 45.2 Å². The van der Waals surface area contributed by atoms with Crippen LogP contribution in [0, 0.1) is 23.2 Å². The minimum atomic E-state index is 0.0155. The van der Waals surface area contributed by atoms with E-state index in [1.807, 2.05) is 11.9 Å². The summed E-state index contributed by atoms with van der Waals surface area (Å²) in [6.07, 6.45) is 5.43. The monoisotopic (exact) mass is 465 g/mol. The molecule has 2 aromatic rings. The van der Waals surface area contributed by atoms with E-state index in [1.54, 1.807) is 0 Å². The van der Waals surface area contributed by atoms with Gasteiger partial charge in [-0.2, -0.15) is 0 Å². The lowest BCUT2D eigenvalue weighted by atomic mass is 9.80. The number of fused-ring (bicyclic) bond motifs is 3. The zero-order valence-corrected chi connectivity index (χ0v) is 22.0. The molecule has 0 spiro atoms. The molecule has 0 saturated heterocycles. The van der Waals surface area contributed by atoms with Gasteiger partial charge in [-0.05, 0) is 61.0 Å². The van der Waals surface area contributed by atoms with Gasteiger partial charge in [0.2, 0.25) is 11.8 Å². The molecule has 4 rings (SSSR count). The first-order valence-electron chi connectivity index (χ1n) is 13.2. The number of benzene rings is 1. The molecule has 2 heterocycles. The third-order valence-electron chi connectivity index (χ3n) is 7.83. The Hall–Kier alpha value is -2.30. The summed E-state index contributed by atoms with van der Waals surface area (Å²) in [5, 5.41) is 1.31. The van der Waals surface area contributed by atoms with Crippen molar-refractivity contribution >= 4 is 22.7 Å². The van der Waals surface area contributed by atoms with Gasteiger partial charge in [0.15, 0.2) is 0 Å². The fraction of sp³-hybridized carbons (Fsp3) is 0.655. The van der Waals surface area contributed by atoms with Crippen molar-refractivity contribution in [3.8, 4) is 0 Å². The molecule has 0 radical (unpaired) electrons. The van der Waals surface area contributed by atoms with Crippen molar-refractivity contribution in [1.82, 2.24) is 14.8 Å². The number of carbonyl (C=O) groups excluding carboxylic acids is 2. The van der Waals surface area contributed by atoms with Gasteiger partial charge < -0.3 is 14.8 Å². The van der Waals surface area contributed by atoms with Crippen LogP contribution in [0.2, 0.25) is 0 Å². The van der Waals surface area contributed by atoms with Gasteiger partial charge in [-0.3, -0.25) is 9.59 Å². The highest BCUT2D eigenvalue weighted by atomic mass is 16.2. The summed E-state index contributed by atoms with van der Waals surface area (Å²) in [6, 6.07) is 8.63. The molecular formula is C29H43N3O2. The Kier molecular flexibility index (Phi) is 7.12. The molecule has 1 saturated carbocycles. The maximum atomic E-state index is 13.7. The van der Waals surface area contributed by atoms with Crippen LogP contribution in [0.5, 0.6) is 0 Å². The minimum Gasteiger partial charge on any atom is -0.356 e. The standard InChI is InChI=1S/C29H43N3O2/c1-19(2)27-26-23(22-9-7-8-10-24(22)30-26)15-16-32(27)28(34)21-13-11-20(12-14-21)18-31(6)25(33)17-29(3,4)5/h7-10,19-21,27,30H,11-18H2,1-6H3/t20-,21-,27?. The first-order chi connectivity index (χ1) is 16.0. The van der Waals surface area contributed by atoms with Crippen LogP contribution >= 0.6 is 0 Å². The van der Waals surface area contributed by atoms with Crippen LogP contribution in [0.3, 0.4) is 0 Å². The van der Waals surface area contributed by atoms with Crippen LogP contribution in [-0.2, 0) is 16.0 Å². The first-order valence-corrected chi connectivity index (χ1v) is 13.2. The van der Waals surface area contributed by atoms with E-state index in [9.17, 15) is 9.59 Å². The average molecular weight is 466 g/mol. The number of amides is 2. The third-order valence-corrected chi connectivity index (χ3v) is 7.83. The summed E-state index contributed by atoms with van der Waals surface area (Å²) in [6.45, 7) is 12.4. The normalized spacial score (nSPS) is 23.3. The van der Waals surface area contributed by atoms with E-state index in [-0.39, 0.29) is 23.3 Å². The molecule has 5 heteroatoms. The number of hydrogen-bond acceptors (Lipinski definition) is 2. The number of hydrogen-bond donors (Lipinski definition) is 1. The number of para-hydroxylation sites is 1. The quantitative estimate of drug-likeness (QED) is 0.593. The Bertz CT molecular complexity index is 1020. The lowest BCUT2D eigenvalue weighted by Crippen LogP contribution is -2.46. The zero-order chi connectivity index (χ0) is 24.6. The molecule has 0 bridgehead atoms. The molecule has 1 aromatic heterocycles. The summed E-state index contributed by atoms with van der Waals surface area (Å²) in [4.78, 5) is 34.0. The van der Waals surface area contributed by atoms with Gasteiger partial charge in [-0.1, -0.05) is 52.8 Å². The lowest BCUT2D eigenvalue weighted by molar-refractivity contribution is -0.141. The largest absolute Gasteiger partial charge is 0.356 e. The number of nitrogens with zero attached hydrogens (tertiary/aromatic N) is 2. The predicted molar refractivity (Wildman–Crippen MR) is 138 cm³/mol. The van der Waals surface area contributed by atoms with Crippen LogP contribution in [0.15, 0.2) is 24.3 Å². The Morgan fingerprint density at radius 2 is 1.79 bits per heavy atom. The van der Waals surface area contributed by atoms with Crippen LogP contribution in [0.25, 0.3) is 10.9 Å². The average Bonchev–Trinajstić information content (AvgIpc) is 3.15. The molecule has 1 unspecified atom stereocenters. The number of nitrogens with one attached hydrogen (secondary N) is 1. The van der Waals surface area contributed by atoms with Crippen molar-refractivity contribution in [3.63, 3.8) is 0 Å². The van der Waals surface area contributed by atoms with E-state index < -0.39 is 0 Å². The van der Waals surface area contributed by atoms with Crippen molar-refractivity contribution < 1.29 is 9.59 Å². The molecule has 1 fully saturated rings. The molecule has 1 atom stereocenters. The molecule has 5 nitrogen and oxygen atoms in total. The highest BCUT2D eigenvalue weighted by molar-refractivity contribution is 5.86. The van der Waals surface area contributed by atoms with E-state index >= 15 is 0 Å². The topological polar surface area (TPSA) is 56.4 Å². The highest BCUT2D eigenvalue weighted by Crippen LogP contribution is 2.40. The number of aromatic nitrogens is 1. The van der Waals surface area contributed by atoms with Gasteiger partial charge in [0.25, 0.3) is 0 Å². The van der Waals surface area contributed by atoms with Crippen molar-refractivity contribution in [2.75, 3.05) is 20.1 Å². The molecule has 186 valence electrons. The maximum Gasteiger partial charge on any atom is 0.226 e. The number of aromatic amines is 1. The van der Waals surface area contributed by atoms with E-state index in [0.29, 0.717) is 24.2 Å². The zero-order valence-electron chi connectivity index (χ0n) is 22.0. The first kappa shape index (κ1) is 24.8. The van der Waals surface area contributed by atoms with E-state index in [1.165, 1.54) is 22.2 Å². The molecular weight excluding hydrogens is 422 g/mol. The van der Waals surface area contributed by atoms with Gasteiger partial charge in [0.05, 0.1) is 6.04 Å². The molecule has 2 aliphatic rings. The molecule has 34 heavy (non-hydrogen) atoms. The van der Waals surface area contributed by atoms with E-state index in [4.69, 9.17) is 0 Å². The van der Waals surface area contributed by atoms with Gasteiger partial charge >= 0.3 is 0 Å². The molecule has 1 aromatic carbocycles. The molecule has 1 aliphatic carbocycles. The summed E-state index contributed by atoms with van der Waals surface area (Å²) < 4.78 is 0. The van der Waals surface area contributed by atoms with E-state index in [2.05, 4.69) is 68.8 Å². The Morgan fingerprint density at radius 1 is 1.12 bits per heavy atom. The fourth-order valence-electron chi connectivity index (χ4n) is 6.11. The molecule has 2 amide bonds. The summed E-state index contributed by atoms with van der Waals surface area (Å²) in [7, 11) is 1.93. The van der Waals surface area contributed by atoms with Crippen molar-refractivity contribution in [2.24, 2.45) is 23.2 Å². The number of H-pyrrole nitrogens is 1. The maximum absolute atomic E-state index is 13.7. The third kappa shape index (κ3) is 5.18. The second kappa shape index (κ2) is 9.75. The Morgan fingerprint density at radius 3 is 2.44 bits per heavy atom. The van der Waals surface area contributed by atoms with Crippen LogP contribution in [0.4, 0.5) is 0 Å². The van der Waals surface area contributed by atoms with Gasteiger partial charge in [-0.15, -0.1) is 0 Å². The Balaban J connectivity index is 1.39. The lowest BCUT2D eigenvalue weighted by Gasteiger charge is -2.41. The fourth-order valence-corrected chi connectivity index (χ4v) is 6.11. The van der Waals surface area contributed by atoms with Crippen molar-refractivity contribution in [3.05, 3.63) is 35.5 Å².